The second-order valence-electron chi connectivity index (χ2n) is 11.5. The molecule has 8 nitrogen and oxygen atoms in total. The number of halogens is 3. The minimum absolute atomic E-state index is 0.0736. The largest absolute Gasteiger partial charge is 0.390 e. The third-order valence-corrected chi connectivity index (χ3v) is 10.5. The molecule has 3 aromatic rings. The molecule has 1 aromatic carbocycles. The zero-order valence-corrected chi connectivity index (χ0v) is 24.0. The fraction of sp³-hybridized carbons (Fsp3) is 0.433. The van der Waals surface area contributed by atoms with Gasteiger partial charge in [-0.25, -0.2) is 26.6 Å². The zero-order chi connectivity index (χ0) is 30.4. The Bertz CT molecular complexity index is 1580. The number of aliphatic hydroxyl groups is 2. The van der Waals surface area contributed by atoms with Gasteiger partial charge in [-0.2, -0.15) is 0 Å². The summed E-state index contributed by atoms with van der Waals surface area (Å²) in [4.78, 5) is 21.2. The molecule has 1 aliphatic carbocycles. The lowest BCUT2D eigenvalue weighted by molar-refractivity contribution is -0.123. The summed E-state index contributed by atoms with van der Waals surface area (Å²) >= 11 is 0. The number of nitrogens with one attached hydrogen (secondary N) is 1. The number of hydrogen-bond donors (Lipinski definition) is 3. The van der Waals surface area contributed by atoms with Crippen molar-refractivity contribution < 1.29 is 36.6 Å². The lowest BCUT2D eigenvalue weighted by Crippen LogP contribution is -2.49. The number of rotatable bonds is 5. The highest BCUT2D eigenvalue weighted by atomic mass is 32.2. The number of anilines is 1. The average molecular weight is 604 g/mol. The number of aromatic nitrogens is 2. The van der Waals surface area contributed by atoms with Gasteiger partial charge in [-0.3, -0.25) is 9.78 Å². The first-order chi connectivity index (χ1) is 19.8. The lowest BCUT2D eigenvalue weighted by Gasteiger charge is -2.43. The maximum atomic E-state index is 15.2. The van der Waals surface area contributed by atoms with Gasteiger partial charge in [-0.1, -0.05) is 6.92 Å². The molecule has 2 aliphatic rings. The standard InChI is InChI=1S/C30H32F3N3O5S/c1-16-11-19(14-26(37)30(16,2)39)20-5-8-34-15-25(20)36-29(38)24-4-3-21(31)28(35-24)27-22(32)12-18(13-23(27)33)17-6-9-42(40,41)10-7-17/h3-5,8,12-13,15-17,19,26,37,39H,6-7,9-11,14H2,1-2H3,(H,36,38)/t16-,19+,26+,30+/m0/s1. The van der Waals surface area contributed by atoms with E-state index >= 15 is 8.78 Å². The second-order valence-corrected chi connectivity index (χ2v) is 13.8. The minimum atomic E-state index is -3.17. The normalized spacial score (nSPS) is 26.1. The molecule has 0 unspecified atom stereocenters. The van der Waals surface area contributed by atoms with Gasteiger partial charge in [-0.15, -0.1) is 0 Å². The second kappa shape index (κ2) is 11.4. The number of carbonyl (C=O) groups excluding carboxylic acids is 1. The van der Waals surface area contributed by atoms with Crippen LogP contribution in [0.4, 0.5) is 18.9 Å². The number of aliphatic hydroxyl groups excluding tert-OH is 1. The highest BCUT2D eigenvalue weighted by Crippen LogP contribution is 2.43. The molecule has 3 heterocycles. The summed E-state index contributed by atoms with van der Waals surface area (Å²) < 4.78 is 68.8. The molecule has 1 saturated heterocycles. The Morgan fingerprint density at radius 1 is 1.02 bits per heavy atom. The Morgan fingerprint density at radius 2 is 1.69 bits per heavy atom. The van der Waals surface area contributed by atoms with Crippen LogP contribution in [0.15, 0.2) is 42.7 Å². The van der Waals surface area contributed by atoms with E-state index < -0.39 is 56.2 Å². The van der Waals surface area contributed by atoms with Gasteiger partial charge < -0.3 is 15.5 Å². The number of pyridine rings is 2. The van der Waals surface area contributed by atoms with Crippen LogP contribution in [-0.4, -0.2) is 57.7 Å². The van der Waals surface area contributed by atoms with Crippen LogP contribution in [0.5, 0.6) is 0 Å². The van der Waals surface area contributed by atoms with Crippen LogP contribution in [0, 0.1) is 23.4 Å². The Morgan fingerprint density at radius 3 is 2.33 bits per heavy atom. The fourth-order valence-corrected chi connectivity index (χ4v) is 7.42. The lowest BCUT2D eigenvalue weighted by atomic mass is 9.69. The number of nitrogens with zero attached hydrogens (tertiary/aromatic N) is 2. The Labute approximate surface area is 242 Å². The summed E-state index contributed by atoms with van der Waals surface area (Å²) in [7, 11) is -3.17. The zero-order valence-electron chi connectivity index (χ0n) is 23.1. The molecule has 1 aliphatic heterocycles. The fourth-order valence-electron chi connectivity index (χ4n) is 5.93. The van der Waals surface area contributed by atoms with E-state index in [0.717, 1.165) is 24.3 Å². The van der Waals surface area contributed by atoms with Crippen molar-refractivity contribution in [2.45, 2.75) is 63.1 Å². The molecular weight excluding hydrogens is 571 g/mol. The van der Waals surface area contributed by atoms with Gasteiger partial charge in [0.2, 0.25) is 0 Å². The van der Waals surface area contributed by atoms with Crippen LogP contribution < -0.4 is 5.32 Å². The average Bonchev–Trinajstić information content (AvgIpc) is 2.92. The minimum Gasteiger partial charge on any atom is -0.390 e. The van der Waals surface area contributed by atoms with Gasteiger partial charge in [0.1, 0.15) is 38.7 Å². The summed E-state index contributed by atoms with van der Waals surface area (Å²) in [6, 6.07) is 5.83. The molecule has 5 rings (SSSR count). The van der Waals surface area contributed by atoms with Gasteiger partial charge >= 0.3 is 0 Å². The van der Waals surface area contributed by atoms with Crippen molar-refractivity contribution >= 4 is 21.4 Å². The van der Waals surface area contributed by atoms with E-state index in [1.165, 1.54) is 6.20 Å². The molecule has 0 bridgehead atoms. The summed E-state index contributed by atoms with van der Waals surface area (Å²) in [6.45, 7) is 3.43. The van der Waals surface area contributed by atoms with E-state index in [0.29, 0.717) is 17.7 Å². The first kappa shape index (κ1) is 30.1. The Balaban J connectivity index is 1.40. The number of amides is 1. The number of benzene rings is 1. The summed E-state index contributed by atoms with van der Waals surface area (Å²) in [6.07, 6.45) is 3.26. The van der Waals surface area contributed by atoms with Crippen molar-refractivity contribution in [2.24, 2.45) is 5.92 Å². The maximum absolute atomic E-state index is 15.2. The van der Waals surface area contributed by atoms with Crippen LogP contribution in [0.25, 0.3) is 11.3 Å². The molecule has 3 N–H and O–H groups in total. The topological polar surface area (TPSA) is 129 Å². The molecule has 224 valence electrons. The van der Waals surface area contributed by atoms with Crippen LogP contribution in [0.3, 0.4) is 0 Å². The molecule has 1 saturated carbocycles. The molecule has 12 heteroatoms. The van der Waals surface area contributed by atoms with Crippen LogP contribution in [0.2, 0.25) is 0 Å². The van der Waals surface area contributed by atoms with Crippen molar-refractivity contribution in [3.8, 4) is 11.3 Å². The highest BCUT2D eigenvalue weighted by Gasteiger charge is 2.43. The summed E-state index contributed by atoms with van der Waals surface area (Å²) in [5, 5.41) is 23.8. The van der Waals surface area contributed by atoms with E-state index in [1.807, 2.05) is 6.92 Å². The van der Waals surface area contributed by atoms with Gasteiger partial charge in [0.05, 0.1) is 40.7 Å². The van der Waals surface area contributed by atoms with E-state index in [9.17, 15) is 27.8 Å². The molecule has 1 amide bonds. The number of carbonyl (C=O) groups is 1. The van der Waals surface area contributed by atoms with E-state index in [-0.39, 0.29) is 59.8 Å². The van der Waals surface area contributed by atoms with E-state index in [1.54, 1.807) is 19.2 Å². The SMILES string of the molecule is C[C@H]1C[C@@H](c2ccncc2NC(=O)c2ccc(F)c(-c3c(F)cc(C4CCS(=O)(=O)CC4)cc3F)n2)C[C@@H](O)[C@]1(C)O. The third-order valence-electron chi connectivity index (χ3n) is 8.77. The van der Waals surface area contributed by atoms with E-state index in [2.05, 4.69) is 15.3 Å². The molecule has 0 radical (unpaired) electrons. The molecule has 42 heavy (non-hydrogen) atoms. The van der Waals surface area contributed by atoms with Gasteiger partial charge in [0.25, 0.3) is 5.91 Å². The first-order valence-corrected chi connectivity index (χ1v) is 15.6. The quantitative estimate of drug-likeness (QED) is 0.385. The van der Waals surface area contributed by atoms with Crippen molar-refractivity contribution in [3.05, 3.63) is 77.0 Å². The predicted octanol–water partition coefficient (Wildman–Crippen LogP) is 4.73. The Hall–Kier alpha value is -3.35. The Kier molecular flexibility index (Phi) is 8.16. The van der Waals surface area contributed by atoms with Crippen molar-refractivity contribution in [1.82, 2.24) is 9.97 Å². The van der Waals surface area contributed by atoms with Crippen LogP contribution in [0.1, 0.15) is 73.0 Å². The molecule has 4 atom stereocenters. The first-order valence-electron chi connectivity index (χ1n) is 13.8. The third kappa shape index (κ3) is 5.93. The number of sulfone groups is 1. The van der Waals surface area contributed by atoms with Crippen molar-refractivity contribution in [2.75, 3.05) is 16.8 Å². The molecule has 2 fully saturated rings. The summed E-state index contributed by atoms with van der Waals surface area (Å²) in [5.41, 5.74) is -1.64. The van der Waals surface area contributed by atoms with Crippen LogP contribution in [-0.2, 0) is 9.84 Å². The van der Waals surface area contributed by atoms with Gasteiger partial charge in [-0.05, 0) is 91.8 Å². The molecular formula is C30H32F3N3O5S. The predicted molar refractivity (Wildman–Crippen MR) is 150 cm³/mol. The van der Waals surface area contributed by atoms with E-state index in [4.69, 9.17) is 0 Å². The molecule has 0 spiro atoms. The molecule has 2 aromatic heterocycles. The smallest absolute Gasteiger partial charge is 0.274 e. The summed E-state index contributed by atoms with van der Waals surface area (Å²) in [5.74, 6) is -4.86. The van der Waals surface area contributed by atoms with Crippen molar-refractivity contribution in [1.29, 1.82) is 0 Å². The van der Waals surface area contributed by atoms with Gasteiger partial charge in [0, 0.05) is 6.20 Å². The van der Waals surface area contributed by atoms with Gasteiger partial charge in [0.15, 0.2) is 0 Å². The monoisotopic (exact) mass is 603 g/mol. The maximum Gasteiger partial charge on any atom is 0.274 e. The number of hydrogen-bond acceptors (Lipinski definition) is 7. The van der Waals surface area contributed by atoms with Crippen LogP contribution >= 0.6 is 0 Å². The highest BCUT2D eigenvalue weighted by molar-refractivity contribution is 7.91. The van der Waals surface area contributed by atoms with Crippen molar-refractivity contribution in [3.63, 3.8) is 0 Å².